The van der Waals surface area contributed by atoms with Gasteiger partial charge in [-0.1, -0.05) is 6.92 Å². The van der Waals surface area contributed by atoms with Crippen LogP contribution in [-0.4, -0.2) is 66.0 Å². The molecule has 36 heavy (non-hydrogen) atoms. The highest BCUT2D eigenvalue weighted by Crippen LogP contribution is 2.46. The number of nitrogens with zero attached hydrogens (tertiary/aromatic N) is 3. The average Bonchev–Trinajstić information content (AvgIpc) is 3.46. The summed E-state index contributed by atoms with van der Waals surface area (Å²) in [6.45, 7) is 7.44. The number of carbonyl (C=O) groups excluding carboxylic acids is 1. The van der Waals surface area contributed by atoms with Crippen molar-refractivity contribution in [3.05, 3.63) is 28.8 Å². The van der Waals surface area contributed by atoms with E-state index in [0.29, 0.717) is 63.7 Å². The molecule has 5 rings (SSSR count). The van der Waals surface area contributed by atoms with Gasteiger partial charge in [-0.3, -0.25) is 9.48 Å². The molecule has 2 fully saturated rings. The van der Waals surface area contributed by atoms with E-state index in [1.54, 1.807) is 4.68 Å². The highest BCUT2D eigenvalue weighted by Gasteiger charge is 2.45. The van der Waals surface area contributed by atoms with Crippen molar-refractivity contribution in [2.24, 2.45) is 5.92 Å². The zero-order chi connectivity index (χ0) is 25.3. The molecule has 3 aliphatic rings. The summed E-state index contributed by atoms with van der Waals surface area (Å²) in [7, 11) is 0. The number of aryl methyl sites for hydroxylation is 2. The highest BCUT2D eigenvalue weighted by atomic mass is 19.4. The van der Waals surface area contributed by atoms with E-state index in [9.17, 15) is 18.0 Å². The molecule has 2 saturated heterocycles. The van der Waals surface area contributed by atoms with Crippen molar-refractivity contribution in [1.29, 1.82) is 0 Å². The fraction of sp³-hybridized carbons (Fsp3) is 0.692. The maximum absolute atomic E-state index is 14.3. The number of ketones is 1. The van der Waals surface area contributed by atoms with Gasteiger partial charge in [0, 0.05) is 25.6 Å². The first-order valence-corrected chi connectivity index (χ1v) is 13.1. The Kier molecular flexibility index (Phi) is 7.55. The van der Waals surface area contributed by atoms with Crippen molar-refractivity contribution in [1.82, 2.24) is 14.7 Å². The second-order valence-corrected chi connectivity index (χ2v) is 10.1. The Bertz CT molecular complexity index is 1060. The van der Waals surface area contributed by atoms with Crippen LogP contribution in [0.3, 0.4) is 0 Å². The molecule has 10 heteroatoms. The molecule has 0 amide bonds. The number of hydrogen-bond donors (Lipinski definition) is 0. The number of piperidine rings is 1. The Labute approximate surface area is 208 Å². The third-order valence-corrected chi connectivity index (χ3v) is 7.63. The molecule has 2 aromatic heterocycles. The molecule has 0 radical (unpaired) electrons. The first-order chi connectivity index (χ1) is 17.3. The van der Waals surface area contributed by atoms with E-state index >= 15 is 0 Å². The number of carbonyl (C=O) groups is 1. The molecule has 0 bridgehead atoms. The van der Waals surface area contributed by atoms with Gasteiger partial charge in [-0.15, -0.1) is 0 Å². The largest absolute Gasteiger partial charge is 0.457 e. The van der Waals surface area contributed by atoms with Gasteiger partial charge >= 0.3 is 6.18 Å². The van der Waals surface area contributed by atoms with Gasteiger partial charge in [0.15, 0.2) is 11.5 Å². The normalized spacial score (nSPS) is 21.4. The van der Waals surface area contributed by atoms with Crippen LogP contribution >= 0.6 is 0 Å². The number of aromatic nitrogens is 2. The average molecular weight is 510 g/mol. The van der Waals surface area contributed by atoms with Crippen molar-refractivity contribution in [2.45, 2.75) is 70.7 Å². The van der Waals surface area contributed by atoms with Crippen LogP contribution in [0.2, 0.25) is 0 Å². The van der Waals surface area contributed by atoms with E-state index in [2.05, 4.69) is 16.9 Å². The van der Waals surface area contributed by atoms with Gasteiger partial charge in [0.2, 0.25) is 0 Å². The molecule has 7 nitrogen and oxygen atoms in total. The van der Waals surface area contributed by atoms with Gasteiger partial charge in [0.1, 0.15) is 11.3 Å². The molecule has 0 N–H and O–H groups in total. The Hall–Kier alpha value is -2.17. The van der Waals surface area contributed by atoms with Crippen LogP contribution in [0.15, 0.2) is 10.6 Å². The lowest BCUT2D eigenvalue weighted by molar-refractivity contribution is -0.137. The molecule has 0 spiro atoms. The molecule has 0 unspecified atom stereocenters. The number of rotatable bonds is 8. The molecule has 0 saturated carbocycles. The summed E-state index contributed by atoms with van der Waals surface area (Å²) in [5, 5.41) is 4.60. The molecular weight excluding hydrogens is 475 g/mol. The lowest BCUT2D eigenvalue weighted by Gasteiger charge is -2.30. The zero-order valence-corrected chi connectivity index (χ0v) is 20.7. The van der Waals surface area contributed by atoms with Crippen molar-refractivity contribution >= 4 is 5.78 Å². The quantitative estimate of drug-likeness (QED) is 0.478. The first-order valence-electron chi connectivity index (χ1n) is 13.1. The van der Waals surface area contributed by atoms with Crippen molar-refractivity contribution in [2.75, 3.05) is 39.5 Å². The van der Waals surface area contributed by atoms with Crippen LogP contribution < -0.4 is 0 Å². The van der Waals surface area contributed by atoms with E-state index in [0.717, 1.165) is 38.0 Å². The SMILES string of the molecule is CCN1CCC(Cn2cc3c(n2)-c2c(oc(C(=O)CCC[C@@H]4COCCO4)c2C(F)(F)F)CC3)CC1. The van der Waals surface area contributed by atoms with Crippen LogP contribution in [0.4, 0.5) is 13.2 Å². The summed E-state index contributed by atoms with van der Waals surface area (Å²) in [6, 6.07) is 0. The van der Waals surface area contributed by atoms with Gasteiger partial charge in [-0.25, -0.2) is 0 Å². The van der Waals surface area contributed by atoms with Crippen LogP contribution in [0.25, 0.3) is 11.3 Å². The molecule has 1 atom stereocenters. The predicted molar refractivity (Wildman–Crippen MR) is 126 cm³/mol. The first kappa shape index (κ1) is 25.5. The van der Waals surface area contributed by atoms with Gasteiger partial charge in [0.05, 0.1) is 37.2 Å². The number of fused-ring (bicyclic) bond motifs is 3. The van der Waals surface area contributed by atoms with Gasteiger partial charge in [-0.05, 0) is 63.2 Å². The van der Waals surface area contributed by atoms with Crippen LogP contribution in [0.5, 0.6) is 0 Å². The second kappa shape index (κ2) is 10.7. The lowest BCUT2D eigenvalue weighted by Crippen LogP contribution is -2.34. The number of Topliss-reactive ketones (excluding diaryl/α,β-unsaturated/α-hetero) is 1. The van der Waals surface area contributed by atoms with E-state index in [1.165, 1.54) is 0 Å². The second-order valence-electron chi connectivity index (χ2n) is 10.1. The number of halogens is 3. The fourth-order valence-electron chi connectivity index (χ4n) is 5.63. The zero-order valence-electron chi connectivity index (χ0n) is 20.7. The molecule has 198 valence electrons. The van der Waals surface area contributed by atoms with E-state index in [1.807, 2.05) is 6.20 Å². The van der Waals surface area contributed by atoms with Crippen molar-refractivity contribution < 1.29 is 31.9 Å². The number of likely N-dealkylation sites (tertiary alicyclic amines) is 1. The van der Waals surface area contributed by atoms with Crippen molar-refractivity contribution in [3.63, 3.8) is 0 Å². The topological polar surface area (TPSA) is 69.7 Å². The maximum Gasteiger partial charge on any atom is 0.420 e. The smallest absolute Gasteiger partial charge is 0.420 e. The minimum Gasteiger partial charge on any atom is -0.457 e. The molecular formula is C26H34F3N3O4. The summed E-state index contributed by atoms with van der Waals surface area (Å²) in [5.41, 5.74) is 0.0798. The van der Waals surface area contributed by atoms with Gasteiger partial charge in [-0.2, -0.15) is 18.3 Å². The maximum atomic E-state index is 14.3. The molecule has 0 aromatic carbocycles. The summed E-state index contributed by atoms with van der Waals surface area (Å²) in [4.78, 5) is 15.3. The molecule has 2 aromatic rings. The number of alkyl halides is 3. The van der Waals surface area contributed by atoms with E-state index in [4.69, 9.17) is 13.9 Å². The minimum atomic E-state index is -4.71. The monoisotopic (exact) mass is 509 g/mol. The highest BCUT2D eigenvalue weighted by molar-refractivity contribution is 5.97. The summed E-state index contributed by atoms with van der Waals surface area (Å²) >= 11 is 0. The third kappa shape index (κ3) is 5.40. The molecule has 4 heterocycles. The van der Waals surface area contributed by atoms with Crippen LogP contribution in [0, 0.1) is 5.92 Å². The van der Waals surface area contributed by atoms with Crippen molar-refractivity contribution in [3.8, 4) is 11.3 Å². The minimum absolute atomic E-state index is 0.0346. The van der Waals surface area contributed by atoms with Gasteiger partial charge < -0.3 is 18.8 Å². The van der Waals surface area contributed by atoms with E-state index < -0.39 is 23.3 Å². The van der Waals surface area contributed by atoms with Crippen LogP contribution in [-0.2, 0) is 35.0 Å². The Morgan fingerprint density at radius 1 is 1.19 bits per heavy atom. The third-order valence-electron chi connectivity index (χ3n) is 7.63. The summed E-state index contributed by atoms with van der Waals surface area (Å²) in [6.07, 6.45) is 0.956. The fourth-order valence-corrected chi connectivity index (χ4v) is 5.63. The molecule has 2 aliphatic heterocycles. The summed E-state index contributed by atoms with van der Waals surface area (Å²) in [5.74, 6) is -0.542. The predicted octanol–water partition coefficient (Wildman–Crippen LogP) is 4.76. The Morgan fingerprint density at radius 3 is 2.69 bits per heavy atom. The van der Waals surface area contributed by atoms with Gasteiger partial charge in [0.25, 0.3) is 0 Å². The Balaban J connectivity index is 1.34. The molecule has 1 aliphatic carbocycles. The lowest BCUT2D eigenvalue weighted by atomic mass is 9.92. The summed E-state index contributed by atoms with van der Waals surface area (Å²) < 4.78 is 61.2. The number of furan rings is 1. The number of ether oxygens (including phenoxy) is 2. The van der Waals surface area contributed by atoms with E-state index in [-0.39, 0.29) is 23.8 Å². The Morgan fingerprint density at radius 2 is 2.00 bits per heavy atom. The van der Waals surface area contributed by atoms with Crippen LogP contribution in [0.1, 0.15) is 66.5 Å². The standard InChI is InChI=1S/C26H34F3N3O4/c1-2-31-10-8-17(9-11-31)14-32-15-18-6-7-21-22(24(18)30-32)23(26(27,28)29)25(36-21)20(33)5-3-4-19-16-34-12-13-35-19/h15,17,19H,2-14,16H2,1H3/t19-/m1/s1. The number of hydrogen-bond acceptors (Lipinski definition) is 6.